The van der Waals surface area contributed by atoms with Crippen LogP contribution in [0.4, 0.5) is 0 Å². The summed E-state index contributed by atoms with van der Waals surface area (Å²) in [6.45, 7) is 7.66. The van der Waals surface area contributed by atoms with Crippen LogP contribution in [0.2, 0.25) is 0 Å². The highest BCUT2D eigenvalue weighted by Crippen LogP contribution is 2.20. The lowest BCUT2D eigenvalue weighted by Crippen LogP contribution is -2.46. The zero-order valence-electron chi connectivity index (χ0n) is 17.4. The predicted octanol–water partition coefficient (Wildman–Crippen LogP) is 4.24. The van der Waals surface area contributed by atoms with Crippen molar-refractivity contribution < 1.29 is 9.53 Å². The number of likely N-dealkylation sites (tertiary alicyclic amines) is 1. The van der Waals surface area contributed by atoms with Gasteiger partial charge in [-0.2, -0.15) is 0 Å². The highest BCUT2D eigenvalue weighted by atomic mass is 127. The summed E-state index contributed by atoms with van der Waals surface area (Å²) >= 11 is 0. The van der Waals surface area contributed by atoms with Crippen LogP contribution in [-0.4, -0.2) is 49.6 Å². The van der Waals surface area contributed by atoms with Crippen molar-refractivity contribution in [1.82, 2.24) is 10.2 Å². The third kappa shape index (κ3) is 6.32. The minimum atomic E-state index is -0.0555. The number of rotatable bonds is 6. The van der Waals surface area contributed by atoms with Crippen LogP contribution in [0.5, 0.6) is 0 Å². The zero-order chi connectivity index (χ0) is 19.8. The number of nitrogens with zero attached hydrogens (tertiary/aromatic N) is 2. The van der Waals surface area contributed by atoms with Crippen molar-refractivity contribution in [3.63, 3.8) is 0 Å². The van der Waals surface area contributed by atoms with Crippen molar-refractivity contribution in [2.45, 2.75) is 33.1 Å². The van der Waals surface area contributed by atoms with Crippen LogP contribution in [-0.2, 0) is 16.0 Å². The van der Waals surface area contributed by atoms with E-state index in [2.05, 4.69) is 59.6 Å². The Bertz CT molecular complexity index is 811. The number of carbonyl (C=O) groups excluding carboxylic acids is 1. The molecular formula is C23H32IN3O2. The van der Waals surface area contributed by atoms with E-state index in [1.54, 1.807) is 0 Å². The molecule has 2 aromatic carbocycles. The Labute approximate surface area is 190 Å². The van der Waals surface area contributed by atoms with E-state index in [1.165, 1.54) is 16.3 Å². The Balaban J connectivity index is 0.00000300. The first-order chi connectivity index (χ1) is 13.7. The Hall–Kier alpha value is -1.83. The Morgan fingerprint density at radius 3 is 2.59 bits per heavy atom. The van der Waals surface area contributed by atoms with Crippen molar-refractivity contribution in [3.8, 4) is 0 Å². The summed E-state index contributed by atoms with van der Waals surface area (Å²) < 4.78 is 5.17. The number of halogens is 1. The van der Waals surface area contributed by atoms with E-state index >= 15 is 0 Å². The van der Waals surface area contributed by atoms with Crippen molar-refractivity contribution in [2.75, 3.05) is 32.8 Å². The second kappa shape index (κ2) is 12.0. The van der Waals surface area contributed by atoms with Crippen LogP contribution in [0.1, 0.15) is 32.3 Å². The molecule has 0 bridgehead atoms. The van der Waals surface area contributed by atoms with Crippen LogP contribution in [0.15, 0.2) is 47.5 Å². The molecular weight excluding hydrogens is 477 g/mol. The predicted molar refractivity (Wildman–Crippen MR) is 130 cm³/mol. The SMILES string of the molecule is CCNC(=NCCc1cccc2ccccc12)N1CCC(C(=O)OCC)CC1.I. The summed E-state index contributed by atoms with van der Waals surface area (Å²) in [5.41, 5.74) is 1.33. The van der Waals surface area contributed by atoms with Gasteiger partial charge in [-0.05, 0) is 49.4 Å². The lowest BCUT2D eigenvalue weighted by Gasteiger charge is -2.33. The smallest absolute Gasteiger partial charge is 0.309 e. The van der Waals surface area contributed by atoms with Gasteiger partial charge in [-0.3, -0.25) is 9.79 Å². The number of fused-ring (bicyclic) bond motifs is 1. The molecule has 1 N–H and O–H groups in total. The van der Waals surface area contributed by atoms with Crippen LogP contribution in [0.25, 0.3) is 10.8 Å². The van der Waals surface area contributed by atoms with Crippen LogP contribution in [0, 0.1) is 5.92 Å². The topological polar surface area (TPSA) is 53.9 Å². The maximum absolute atomic E-state index is 11.9. The quantitative estimate of drug-likeness (QED) is 0.274. The molecule has 1 fully saturated rings. The number of nitrogens with one attached hydrogen (secondary N) is 1. The Morgan fingerprint density at radius 2 is 1.86 bits per heavy atom. The average molecular weight is 509 g/mol. The first-order valence-corrected chi connectivity index (χ1v) is 10.4. The lowest BCUT2D eigenvalue weighted by atomic mass is 9.97. The average Bonchev–Trinajstić information content (AvgIpc) is 2.73. The van der Waals surface area contributed by atoms with Crippen LogP contribution in [0.3, 0.4) is 0 Å². The van der Waals surface area contributed by atoms with Gasteiger partial charge in [0.15, 0.2) is 5.96 Å². The van der Waals surface area contributed by atoms with Gasteiger partial charge in [-0.1, -0.05) is 42.5 Å². The number of hydrogen-bond donors (Lipinski definition) is 1. The summed E-state index contributed by atoms with van der Waals surface area (Å²) in [6.07, 6.45) is 2.56. The maximum Gasteiger partial charge on any atom is 0.309 e. The summed E-state index contributed by atoms with van der Waals surface area (Å²) in [5.74, 6) is 0.917. The summed E-state index contributed by atoms with van der Waals surface area (Å²) in [5, 5.41) is 5.99. The number of esters is 1. The fourth-order valence-corrected chi connectivity index (χ4v) is 3.81. The fraction of sp³-hybridized carbons (Fsp3) is 0.478. The van der Waals surface area contributed by atoms with Crippen molar-refractivity contribution in [1.29, 1.82) is 0 Å². The second-order valence-electron chi connectivity index (χ2n) is 7.14. The molecule has 1 aliphatic heterocycles. The normalized spacial score (nSPS) is 15.1. The van der Waals surface area contributed by atoms with E-state index in [-0.39, 0.29) is 35.9 Å². The van der Waals surface area contributed by atoms with Gasteiger partial charge >= 0.3 is 5.97 Å². The molecule has 2 aromatic rings. The van der Waals surface area contributed by atoms with Gasteiger partial charge < -0.3 is 15.0 Å². The molecule has 29 heavy (non-hydrogen) atoms. The van der Waals surface area contributed by atoms with Crippen molar-refractivity contribution in [3.05, 3.63) is 48.0 Å². The third-order valence-corrected chi connectivity index (χ3v) is 5.27. The van der Waals surface area contributed by atoms with E-state index < -0.39 is 0 Å². The number of benzene rings is 2. The first-order valence-electron chi connectivity index (χ1n) is 10.4. The molecule has 0 spiro atoms. The van der Waals surface area contributed by atoms with Crippen LogP contribution < -0.4 is 5.32 Å². The molecule has 0 saturated carbocycles. The van der Waals surface area contributed by atoms with E-state index in [1.807, 2.05) is 6.92 Å². The highest BCUT2D eigenvalue weighted by molar-refractivity contribution is 14.0. The van der Waals surface area contributed by atoms with Gasteiger partial charge in [-0.15, -0.1) is 24.0 Å². The van der Waals surface area contributed by atoms with Gasteiger partial charge in [0.05, 0.1) is 12.5 Å². The van der Waals surface area contributed by atoms with Gasteiger partial charge in [0, 0.05) is 26.2 Å². The Morgan fingerprint density at radius 1 is 1.14 bits per heavy atom. The van der Waals surface area contributed by atoms with Gasteiger partial charge in [0.2, 0.25) is 0 Å². The number of aliphatic imine (C=N–C) groups is 1. The zero-order valence-corrected chi connectivity index (χ0v) is 19.7. The molecule has 1 aliphatic rings. The standard InChI is InChI=1S/C23H31N3O2.HI/c1-3-24-23(26-16-13-20(14-17-26)22(27)28-4-2)25-15-12-19-10-7-9-18-8-5-6-11-21(18)19;/h5-11,20H,3-4,12-17H2,1-2H3,(H,24,25);1H. The van der Waals surface area contributed by atoms with Crippen molar-refractivity contribution in [2.24, 2.45) is 10.9 Å². The molecule has 0 unspecified atom stereocenters. The molecule has 5 nitrogen and oxygen atoms in total. The summed E-state index contributed by atoms with van der Waals surface area (Å²) in [6, 6.07) is 15.0. The van der Waals surface area contributed by atoms with Crippen molar-refractivity contribution >= 4 is 46.7 Å². The largest absolute Gasteiger partial charge is 0.466 e. The minimum Gasteiger partial charge on any atom is -0.466 e. The molecule has 3 rings (SSSR count). The molecule has 6 heteroatoms. The molecule has 158 valence electrons. The molecule has 0 atom stereocenters. The fourth-order valence-electron chi connectivity index (χ4n) is 3.81. The van der Waals surface area contributed by atoms with E-state index in [0.717, 1.165) is 51.4 Å². The minimum absolute atomic E-state index is 0. The molecule has 0 aromatic heterocycles. The van der Waals surface area contributed by atoms with E-state index in [4.69, 9.17) is 9.73 Å². The first kappa shape index (κ1) is 23.4. The Kier molecular flexibility index (Phi) is 9.70. The molecule has 0 aliphatic carbocycles. The van der Waals surface area contributed by atoms with Gasteiger partial charge in [-0.25, -0.2) is 0 Å². The number of carbonyl (C=O) groups is 1. The molecule has 0 radical (unpaired) electrons. The summed E-state index contributed by atoms with van der Waals surface area (Å²) in [4.78, 5) is 19.1. The van der Waals surface area contributed by atoms with Gasteiger partial charge in [0.1, 0.15) is 0 Å². The van der Waals surface area contributed by atoms with Gasteiger partial charge in [0.25, 0.3) is 0 Å². The molecule has 1 heterocycles. The highest BCUT2D eigenvalue weighted by Gasteiger charge is 2.27. The lowest BCUT2D eigenvalue weighted by molar-refractivity contribution is -0.149. The number of guanidine groups is 1. The maximum atomic E-state index is 11.9. The third-order valence-electron chi connectivity index (χ3n) is 5.27. The second-order valence-corrected chi connectivity index (χ2v) is 7.14. The van der Waals surface area contributed by atoms with Crippen LogP contribution >= 0.6 is 24.0 Å². The summed E-state index contributed by atoms with van der Waals surface area (Å²) in [7, 11) is 0. The molecule has 0 amide bonds. The monoisotopic (exact) mass is 509 g/mol. The number of ether oxygens (including phenoxy) is 1. The number of hydrogen-bond acceptors (Lipinski definition) is 3. The number of piperidine rings is 1. The molecule has 1 saturated heterocycles. The van der Waals surface area contributed by atoms with E-state index in [0.29, 0.717) is 6.61 Å². The van der Waals surface area contributed by atoms with E-state index in [9.17, 15) is 4.79 Å².